The topological polar surface area (TPSA) is 184 Å². The van der Waals surface area contributed by atoms with Crippen LogP contribution in [0.2, 0.25) is 0 Å². The number of ether oxygens (including phenoxy) is 2. The number of piperidine rings is 1. The van der Waals surface area contributed by atoms with E-state index >= 15 is 0 Å². The number of nitrogens with zero attached hydrogens (tertiary/aromatic N) is 7. The number of hydrogen-bond donors (Lipinski definition) is 3. The van der Waals surface area contributed by atoms with Crippen LogP contribution in [-0.2, 0) is 34.3 Å². The monoisotopic (exact) mass is 1000 g/mol. The third kappa shape index (κ3) is 9.88. The lowest BCUT2D eigenvalue weighted by Gasteiger charge is -2.39. The molecule has 376 valence electrons. The molecule has 7 aromatic rings. The first kappa shape index (κ1) is 48.1. The number of carboxylic acid groups (broad SMARTS) is 1. The van der Waals surface area contributed by atoms with Crippen molar-refractivity contribution in [1.82, 2.24) is 30.0 Å². The molecule has 0 spiro atoms. The highest BCUT2D eigenvalue weighted by atomic mass is 32.1. The Balaban J connectivity index is 0.672. The van der Waals surface area contributed by atoms with Gasteiger partial charge in [0.05, 0.1) is 46.2 Å². The molecule has 1 unspecified atom stereocenters. The predicted octanol–water partition coefficient (Wildman–Crippen LogP) is 8.50. The van der Waals surface area contributed by atoms with E-state index in [1.165, 1.54) is 11.3 Å². The Kier molecular flexibility index (Phi) is 13.4. The summed E-state index contributed by atoms with van der Waals surface area (Å²) in [6.07, 6.45) is 5.17. The molecule has 16 nitrogen and oxygen atoms in total. The van der Waals surface area contributed by atoms with Gasteiger partial charge in [-0.1, -0.05) is 47.7 Å². The number of benzene rings is 4. The molecule has 0 radical (unpaired) electrons. The van der Waals surface area contributed by atoms with Gasteiger partial charge in [-0.3, -0.25) is 34.6 Å². The van der Waals surface area contributed by atoms with Crippen LogP contribution in [0.15, 0.2) is 91.0 Å². The Morgan fingerprint density at radius 1 is 0.849 bits per heavy atom. The fraction of sp³-hybridized carbons (Fsp3) is 0.375. The van der Waals surface area contributed by atoms with Crippen LogP contribution in [0.25, 0.3) is 32.2 Å². The van der Waals surface area contributed by atoms with Crippen molar-refractivity contribution in [2.75, 3.05) is 54.4 Å². The number of pyridine rings is 1. The molecule has 3 fully saturated rings. The highest BCUT2D eigenvalue weighted by Crippen LogP contribution is 2.37. The number of hydrogen-bond acceptors (Lipinski definition) is 13. The number of aromatic carboxylic acids is 1. The van der Waals surface area contributed by atoms with Gasteiger partial charge in [0, 0.05) is 81.0 Å². The second-order valence-corrected chi connectivity index (χ2v) is 20.8. The van der Waals surface area contributed by atoms with Gasteiger partial charge in [-0.15, -0.1) is 0 Å². The first-order valence-electron chi connectivity index (χ1n) is 25.4. The SMILES string of the molecule is Cc1c(OC2CCC(OC[C@@H](C)N3CCN(c4ccc5c(C6CCC(=O)NC6=O)nn(C)c5c4)CC3)CC2)cccc1-c1ccc(N2CCc3cccc(C(=O)Nc4nc5ccccc5s4)c3C2)nc1C(=O)O. The van der Waals surface area contributed by atoms with Crippen LogP contribution in [0, 0.1) is 6.92 Å². The average Bonchev–Trinajstić information content (AvgIpc) is 3.97. The molecule has 2 atom stereocenters. The Labute approximate surface area is 427 Å². The summed E-state index contributed by atoms with van der Waals surface area (Å²) in [6, 6.07) is 29.7. The maximum Gasteiger partial charge on any atom is 0.355 e. The molecule has 0 bridgehead atoms. The molecule has 6 heterocycles. The zero-order chi connectivity index (χ0) is 50.3. The van der Waals surface area contributed by atoms with Gasteiger partial charge in [0.15, 0.2) is 10.8 Å². The van der Waals surface area contributed by atoms with Crippen molar-refractivity contribution in [2.24, 2.45) is 7.05 Å². The summed E-state index contributed by atoms with van der Waals surface area (Å²) in [5.41, 5.74) is 8.30. The number of amides is 3. The minimum atomic E-state index is -1.12. The number of carboxylic acids is 1. The van der Waals surface area contributed by atoms with Gasteiger partial charge >= 0.3 is 5.97 Å². The minimum absolute atomic E-state index is 0.0171. The van der Waals surface area contributed by atoms with Crippen molar-refractivity contribution in [1.29, 1.82) is 0 Å². The number of carbonyl (C=O) groups is 4. The minimum Gasteiger partial charge on any atom is -0.490 e. The van der Waals surface area contributed by atoms with E-state index in [-0.39, 0.29) is 41.7 Å². The Morgan fingerprint density at radius 2 is 1.64 bits per heavy atom. The number of nitrogens with one attached hydrogen (secondary N) is 2. The van der Waals surface area contributed by atoms with Gasteiger partial charge < -0.3 is 24.4 Å². The first-order valence-corrected chi connectivity index (χ1v) is 26.2. The second kappa shape index (κ2) is 20.4. The number of aryl methyl sites for hydroxylation is 1. The van der Waals surface area contributed by atoms with E-state index in [2.05, 4.69) is 50.5 Å². The quantitative estimate of drug-likeness (QED) is 0.0936. The third-order valence-electron chi connectivity index (χ3n) is 15.2. The van der Waals surface area contributed by atoms with Gasteiger partial charge in [0.2, 0.25) is 11.8 Å². The molecule has 3 aromatic heterocycles. The van der Waals surface area contributed by atoms with E-state index in [1.807, 2.05) is 96.3 Å². The fourth-order valence-electron chi connectivity index (χ4n) is 11.1. The van der Waals surface area contributed by atoms with Crippen molar-refractivity contribution in [3.63, 3.8) is 0 Å². The van der Waals surface area contributed by atoms with E-state index < -0.39 is 11.9 Å². The number of rotatable bonds is 13. The lowest BCUT2D eigenvalue weighted by atomic mass is 9.93. The van der Waals surface area contributed by atoms with Crippen LogP contribution in [0.3, 0.4) is 0 Å². The summed E-state index contributed by atoms with van der Waals surface area (Å²) in [7, 11) is 1.91. The third-order valence-corrected chi connectivity index (χ3v) is 16.2. The van der Waals surface area contributed by atoms with Crippen molar-refractivity contribution in [3.8, 4) is 16.9 Å². The van der Waals surface area contributed by atoms with Crippen LogP contribution in [-0.4, -0.2) is 111 Å². The molecule has 4 aliphatic rings. The van der Waals surface area contributed by atoms with Gasteiger partial charge in [0.25, 0.3) is 5.91 Å². The lowest BCUT2D eigenvalue weighted by molar-refractivity contribution is -0.134. The second-order valence-electron chi connectivity index (χ2n) is 19.8. The van der Waals surface area contributed by atoms with Crippen molar-refractivity contribution >= 4 is 72.8 Å². The van der Waals surface area contributed by atoms with E-state index in [4.69, 9.17) is 19.6 Å². The molecule has 2 saturated heterocycles. The molecular weight excluding hydrogens is 943 g/mol. The maximum absolute atomic E-state index is 13.7. The lowest BCUT2D eigenvalue weighted by Crippen LogP contribution is -2.51. The molecule has 73 heavy (non-hydrogen) atoms. The standard InChI is InChI=1S/C56H59N9O7S/c1-33(63-26-28-64(29-27-63)36-14-19-42-46(30-36)62(3)61-51(42)43-21-23-50(66)59-54(43)68)32-71-37-15-17-38(18-16-37)72-47-12-7-9-39(34(47)2)40-20-22-49(58-52(40)55(69)70)65-25-24-35-8-6-10-41(44(35)31-65)53(67)60-56-57-45-11-4-5-13-48(45)73-56/h4-14,19-20,22,30,33,37-38,43H,15-18,21,23-29,31-32H2,1-3H3,(H,69,70)(H,57,60,67)(H,59,66,68)/t33-,37?,38?,43?/m1/s1. The fourth-order valence-corrected chi connectivity index (χ4v) is 12.0. The smallest absolute Gasteiger partial charge is 0.355 e. The summed E-state index contributed by atoms with van der Waals surface area (Å²) in [5.74, 6) is -1.00. The number of imide groups is 1. The molecule has 3 N–H and O–H groups in total. The van der Waals surface area contributed by atoms with E-state index in [0.29, 0.717) is 61.0 Å². The number of para-hydroxylation sites is 1. The number of aromatic nitrogens is 4. The molecule has 3 aliphatic heterocycles. The number of carbonyl (C=O) groups excluding carboxylic acids is 3. The summed E-state index contributed by atoms with van der Waals surface area (Å²) in [6.45, 7) is 9.54. The van der Waals surface area contributed by atoms with Crippen molar-refractivity contribution in [3.05, 3.63) is 125 Å². The Bertz CT molecular complexity index is 3230. The van der Waals surface area contributed by atoms with Crippen LogP contribution in [0.1, 0.15) is 94.6 Å². The van der Waals surface area contributed by atoms with Gasteiger partial charge in [-0.25, -0.2) is 14.8 Å². The molecule has 1 saturated carbocycles. The zero-order valence-electron chi connectivity index (χ0n) is 41.3. The highest BCUT2D eigenvalue weighted by Gasteiger charge is 2.33. The predicted molar refractivity (Wildman–Crippen MR) is 282 cm³/mol. The normalized spacial score (nSPS) is 20.0. The van der Waals surface area contributed by atoms with Crippen molar-refractivity contribution < 1.29 is 33.8 Å². The largest absolute Gasteiger partial charge is 0.490 e. The van der Waals surface area contributed by atoms with Crippen LogP contribution in [0.4, 0.5) is 16.6 Å². The number of fused-ring (bicyclic) bond motifs is 3. The van der Waals surface area contributed by atoms with Gasteiger partial charge in [-0.2, -0.15) is 5.10 Å². The first-order chi connectivity index (χ1) is 35.4. The van der Waals surface area contributed by atoms with E-state index in [1.54, 1.807) is 0 Å². The number of piperazine rings is 1. The number of thiazole rings is 1. The van der Waals surface area contributed by atoms with Gasteiger partial charge in [0.1, 0.15) is 11.6 Å². The molecule has 1 aliphatic carbocycles. The average molecular weight is 1000 g/mol. The summed E-state index contributed by atoms with van der Waals surface area (Å²) < 4.78 is 16.0. The highest BCUT2D eigenvalue weighted by molar-refractivity contribution is 7.22. The zero-order valence-corrected chi connectivity index (χ0v) is 42.1. The van der Waals surface area contributed by atoms with Crippen LogP contribution >= 0.6 is 11.3 Å². The van der Waals surface area contributed by atoms with Crippen LogP contribution in [0.5, 0.6) is 5.75 Å². The van der Waals surface area contributed by atoms with Gasteiger partial charge in [-0.05, 0) is 129 Å². The van der Waals surface area contributed by atoms with E-state index in [0.717, 1.165) is 112 Å². The molecule has 17 heteroatoms. The van der Waals surface area contributed by atoms with Crippen LogP contribution < -0.4 is 25.2 Å². The molecule has 11 rings (SSSR count). The summed E-state index contributed by atoms with van der Waals surface area (Å²) in [4.78, 5) is 67.2. The molecule has 4 aromatic carbocycles. The maximum atomic E-state index is 13.7. The summed E-state index contributed by atoms with van der Waals surface area (Å²) >= 11 is 1.43. The molecule has 3 amide bonds. The Morgan fingerprint density at radius 3 is 2.44 bits per heavy atom. The number of anilines is 3. The molecular formula is C56H59N9O7S. The Hall–Kier alpha value is -7.21. The van der Waals surface area contributed by atoms with Crippen molar-refractivity contribution in [2.45, 2.75) is 89.5 Å². The summed E-state index contributed by atoms with van der Waals surface area (Å²) in [5, 5.41) is 22.2. The van der Waals surface area contributed by atoms with E-state index in [9.17, 15) is 24.3 Å².